The number of esters is 1. The number of methoxy groups -OCH3 is 2. The van der Waals surface area contributed by atoms with Crippen molar-refractivity contribution in [2.75, 3.05) is 51.6 Å². The molecule has 3 aromatic rings. The number of anilines is 1. The van der Waals surface area contributed by atoms with Crippen LogP contribution in [-0.2, 0) is 31.7 Å². The maximum absolute atomic E-state index is 12.2. The Bertz CT molecular complexity index is 1490. The Hall–Kier alpha value is -2.83. The molecule has 0 unspecified atom stereocenters. The second-order valence-electron chi connectivity index (χ2n) is 10.8. The number of aromatic nitrogens is 3. The van der Waals surface area contributed by atoms with Crippen LogP contribution < -0.4 is 9.64 Å². The number of pyridine rings is 1. The molecule has 2 aliphatic heterocycles. The third kappa shape index (κ3) is 6.23. The molecular formula is C28H37N5O5S2. The number of likely N-dealkylation sites (tertiary alicyclic amines) is 1. The quantitative estimate of drug-likeness (QED) is 0.358. The lowest BCUT2D eigenvalue weighted by molar-refractivity contribution is -0.147. The number of nitrogens with zero attached hydrogens (tertiary/aromatic N) is 5. The highest BCUT2D eigenvalue weighted by Crippen LogP contribution is 2.39. The minimum absolute atomic E-state index is 0.0371. The number of thiophene rings is 1. The minimum Gasteiger partial charge on any atom is -0.481 e. The Labute approximate surface area is 239 Å². The molecule has 0 aliphatic carbocycles. The highest BCUT2D eigenvalue weighted by atomic mass is 32.2. The molecule has 2 aliphatic rings. The molecule has 5 heterocycles. The van der Waals surface area contributed by atoms with Gasteiger partial charge in [0.15, 0.2) is 9.84 Å². The first-order chi connectivity index (χ1) is 19.2. The monoisotopic (exact) mass is 587 g/mol. The average molecular weight is 588 g/mol. The number of rotatable bonds is 8. The number of hydrogen-bond donors (Lipinski definition) is 0. The van der Waals surface area contributed by atoms with Gasteiger partial charge in [0.25, 0.3) is 0 Å². The van der Waals surface area contributed by atoms with Gasteiger partial charge in [0, 0.05) is 53.7 Å². The molecule has 0 amide bonds. The molecule has 0 radical (unpaired) electrons. The van der Waals surface area contributed by atoms with Crippen LogP contribution in [0.1, 0.15) is 48.1 Å². The molecule has 0 saturated carbocycles. The van der Waals surface area contributed by atoms with Crippen molar-refractivity contribution in [1.29, 1.82) is 0 Å². The Morgan fingerprint density at radius 2 is 1.82 bits per heavy atom. The van der Waals surface area contributed by atoms with Crippen molar-refractivity contribution in [2.24, 2.45) is 5.92 Å². The normalized spacial score (nSPS) is 17.4. The van der Waals surface area contributed by atoms with Crippen LogP contribution in [0.25, 0.3) is 21.5 Å². The first-order valence-corrected chi connectivity index (χ1v) is 16.6. The lowest BCUT2D eigenvalue weighted by Gasteiger charge is -2.30. The lowest BCUT2D eigenvalue weighted by atomic mass is 9.96. The first kappa shape index (κ1) is 28.7. The summed E-state index contributed by atoms with van der Waals surface area (Å²) in [6.07, 6.45) is 7.89. The van der Waals surface area contributed by atoms with E-state index in [1.807, 2.05) is 6.07 Å². The van der Waals surface area contributed by atoms with Crippen LogP contribution >= 0.6 is 11.3 Å². The summed E-state index contributed by atoms with van der Waals surface area (Å²) < 4.78 is 35.6. The van der Waals surface area contributed by atoms with E-state index in [-0.39, 0.29) is 17.6 Å². The smallest absolute Gasteiger partial charge is 0.308 e. The van der Waals surface area contributed by atoms with Crippen molar-refractivity contribution in [1.82, 2.24) is 19.9 Å². The molecule has 0 N–H and O–H groups in total. The topological polar surface area (TPSA) is 115 Å². The fourth-order valence-electron chi connectivity index (χ4n) is 5.65. The van der Waals surface area contributed by atoms with Gasteiger partial charge >= 0.3 is 5.97 Å². The summed E-state index contributed by atoms with van der Waals surface area (Å²) in [6.45, 7) is 6.33. The van der Waals surface area contributed by atoms with Gasteiger partial charge < -0.3 is 14.4 Å². The maximum Gasteiger partial charge on any atom is 0.308 e. The SMILES string of the molecule is COC(=O)C1CCN(Cc2c(C)sc3c(-c4cnc(OC)c(CS(C)(=O)=O)c4)nc(N4CCCCC4)nc23)CC1. The largest absolute Gasteiger partial charge is 0.481 e. The van der Waals surface area contributed by atoms with E-state index >= 15 is 0 Å². The van der Waals surface area contributed by atoms with Crippen molar-refractivity contribution >= 4 is 43.3 Å². The van der Waals surface area contributed by atoms with Crippen molar-refractivity contribution in [3.63, 3.8) is 0 Å². The van der Waals surface area contributed by atoms with E-state index in [0.717, 1.165) is 79.9 Å². The van der Waals surface area contributed by atoms with Gasteiger partial charge in [0.05, 0.1) is 41.8 Å². The lowest BCUT2D eigenvalue weighted by Crippen LogP contribution is -2.36. The predicted octanol–water partition coefficient (Wildman–Crippen LogP) is 3.99. The second kappa shape index (κ2) is 12.0. The summed E-state index contributed by atoms with van der Waals surface area (Å²) in [5.41, 5.74) is 4.13. The van der Waals surface area contributed by atoms with Gasteiger partial charge in [-0.05, 0) is 58.2 Å². The highest BCUT2D eigenvalue weighted by molar-refractivity contribution is 7.89. The van der Waals surface area contributed by atoms with Gasteiger partial charge in [-0.1, -0.05) is 0 Å². The molecule has 216 valence electrons. The third-order valence-electron chi connectivity index (χ3n) is 7.77. The highest BCUT2D eigenvalue weighted by Gasteiger charge is 2.28. The molecule has 12 heteroatoms. The summed E-state index contributed by atoms with van der Waals surface area (Å²) in [5.74, 6) is 0.675. The van der Waals surface area contributed by atoms with Crippen molar-refractivity contribution in [3.8, 4) is 17.1 Å². The van der Waals surface area contributed by atoms with Gasteiger partial charge in [-0.2, -0.15) is 0 Å². The van der Waals surface area contributed by atoms with Crippen LogP contribution in [0.15, 0.2) is 12.3 Å². The number of aryl methyl sites for hydroxylation is 1. The Morgan fingerprint density at radius 3 is 2.48 bits per heavy atom. The number of fused-ring (bicyclic) bond motifs is 1. The average Bonchev–Trinajstić information content (AvgIpc) is 3.26. The molecule has 5 rings (SSSR count). The Kier molecular flexibility index (Phi) is 8.58. The van der Waals surface area contributed by atoms with Gasteiger partial charge in [-0.3, -0.25) is 9.69 Å². The zero-order valence-corrected chi connectivity index (χ0v) is 25.2. The summed E-state index contributed by atoms with van der Waals surface area (Å²) in [6, 6.07) is 1.83. The molecule has 2 saturated heterocycles. The number of carbonyl (C=O) groups is 1. The van der Waals surface area contributed by atoms with Crippen LogP contribution in [0.2, 0.25) is 0 Å². The fraction of sp³-hybridized carbons (Fsp3) is 0.571. The van der Waals surface area contributed by atoms with Gasteiger partial charge in [-0.15, -0.1) is 11.3 Å². The molecule has 0 atom stereocenters. The van der Waals surface area contributed by atoms with Gasteiger partial charge in [0.2, 0.25) is 11.8 Å². The molecule has 0 bridgehead atoms. The number of carbonyl (C=O) groups excluding carboxylic acids is 1. The molecule has 3 aromatic heterocycles. The van der Waals surface area contributed by atoms with Crippen LogP contribution in [0.4, 0.5) is 5.95 Å². The zero-order chi connectivity index (χ0) is 28.4. The maximum atomic E-state index is 12.2. The summed E-state index contributed by atoms with van der Waals surface area (Å²) >= 11 is 1.66. The van der Waals surface area contributed by atoms with E-state index in [4.69, 9.17) is 19.4 Å². The number of sulfone groups is 1. The molecule has 0 aromatic carbocycles. The molecule has 0 spiro atoms. The Balaban J connectivity index is 1.57. The third-order valence-corrected chi connectivity index (χ3v) is 9.75. The van der Waals surface area contributed by atoms with E-state index in [9.17, 15) is 13.2 Å². The van der Waals surface area contributed by atoms with Crippen LogP contribution in [-0.4, -0.2) is 80.9 Å². The minimum atomic E-state index is -3.30. The molecule has 40 heavy (non-hydrogen) atoms. The van der Waals surface area contributed by atoms with E-state index in [2.05, 4.69) is 21.7 Å². The molecule has 10 nitrogen and oxygen atoms in total. The van der Waals surface area contributed by atoms with E-state index < -0.39 is 9.84 Å². The van der Waals surface area contributed by atoms with Crippen molar-refractivity contribution < 1.29 is 22.7 Å². The summed E-state index contributed by atoms with van der Waals surface area (Å²) in [4.78, 5) is 32.5. The van der Waals surface area contributed by atoms with Crippen molar-refractivity contribution in [3.05, 3.63) is 28.3 Å². The molecular weight excluding hydrogens is 550 g/mol. The Morgan fingerprint density at radius 1 is 1.10 bits per heavy atom. The predicted molar refractivity (Wildman–Crippen MR) is 157 cm³/mol. The second-order valence-corrected chi connectivity index (χ2v) is 14.1. The number of hydrogen-bond acceptors (Lipinski definition) is 11. The first-order valence-electron chi connectivity index (χ1n) is 13.7. The van der Waals surface area contributed by atoms with Crippen molar-refractivity contribution in [2.45, 2.75) is 51.3 Å². The fourth-order valence-corrected chi connectivity index (χ4v) is 7.54. The molecule has 2 fully saturated rings. The van der Waals surface area contributed by atoms with E-state index in [0.29, 0.717) is 17.4 Å². The van der Waals surface area contributed by atoms with E-state index in [1.165, 1.54) is 37.3 Å². The zero-order valence-electron chi connectivity index (χ0n) is 23.6. The van der Waals surface area contributed by atoms with Crippen LogP contribution in [0, 0.1) is 12.8 Å². The van der Waals surface area contributed by atoms with Gasteiger partial charge in [-0.25, -0.2) is 23.4 Å². The summed E-state index contributed by atoms with van der Waals surface area (Å²) in [7, 11) is -0.352. The van der Waals surface area contributed by atoms with Crippen LogP contribution in [0.5, 0.6) is 5.88 Å². The number of ether oxygens (including phenoxy) is 2. The summed E-state index contributed by atoms with van der Waals surface area (Å²) in [5, 5.41) is 0. The van der Waals surface area contributed by atoms with Gasteiger partial charge in [0.1, 0.15) is 0 Å². The van der Waals surface area contributed by atoms with Crippen LogP contribution in [0.3, 0.4) is 0 Å². The van der Waals surface area contributed by atoms with E-state index in [1.54, 1.807) is 17.5 Å². The standard InChI is InChI=1S/C28H37N5O5S2/c1-18-22(16-32-12-8-19(9-13-32)27(34)38-3)24-25(39-18)23(30-28(31-24)33-10-6-5-7-11-33)20-14-21(17-40(4,35)36)26(37-2)29-15-20/h14-15,19H,5-13,16-17H2,1-4H3. The number of piperidine rings is 2.